The van der Waals surface area contributed by atoms with E-state index in [0.29, 0.717) is 0 Å². The second-order valence-electron chi connectivity index (χ2n) is 2.67. The van der Waals surface area contributed by atoms with Crippen LogP contribution in [0, 0.1) is 10.7 Å². The third-order valence-electron chi connectivity index (χ3n) is 1.91. The van der Waals surface area contributed by atoms with Crippen molar-refractivity contribution in [2.45, 2.75) is 4.90 Å². The van der Waals surface area contributed by atoms with Crippen LogP contribution >= 0.6 is 11.8 Å². The van der Waals surface area contributed by atoms with E-state index in [-0.39, 0.29) is 1.43 Å². The third-order valence-corrected chi connectivity index (χ3v) is 2.57. The van der Waals surface area contributed by atoms with Gasteiger partial charge in [-0.2, -0.15) is 5.26 Å². The zero-order valence-electron chi connectivity index (χ0n) is 7.90. The summed E-state index contributed by atoms with van der Waals surface area (Å²) in [6.07, 6.45) is 0. The van der Waals surface area contributed by atoms with E-state index in [4.69, 9.17) is 5.26 Å². The monoisotopic (exact) mass is 186 g/mol. The zero-order valence-corrected chi connectivity index (χ0v) is 7.71. The van der Waals surface area contributed by atoms with Crippen LogP contribution in [0.4, 0.5) is 0 Å². The molecule has 0 atom stereocenters. The molecule has 0 fully saturated rings. The van der Waals surface area contributed by atoms with Gasteiger partial charge in [0.15, 0.2) is 0 Å². The van der Waals surface area contributed by atoms with Gasteiger partial charge in [-0.05, 0) is 28.6 Å². The number of hydrogen-bond donors (Lipinski definition) is 0. The molecule has 0 radical (unpaired) electrons. The molecule has 0 N–H and O–H groups in total. The lowest BCUT2D eigenvalue weighted by Gasteiger charge is -2.00. The van der Waals surface area contributed by atoms with Crippen LogP contribution in [0.1, 0.15) is 1.43 Å². The maximum absolute atomic E-state index is 8.59. The summed E-state index contributed by atoms with van der Waals surface area (Å²) in [4.78, 5) is 1.03. The Morgan fingerprint density at radius 3 is 2.69 bits per heavy atom. The fraction of sp³-hybridized carbons (Fsp3) is 0. The van der Waals surface area contributed by atoms with Gasteiger partial charge in [0.25, 0.3) is 0 Å². The van der Waals surface area contributed by atoms with Crippen molar-refractivity contribution in [1.29, 1.82) is 5.26 Å². The van der Waals surface area contributed by atoms with E-state index in [2.05, 4.69) is 17.5 Å². The lowest BCUT2D eigenvalue weighted by Crippen LogP contribution is -1.74. The minimum absolute atomic E-state index is 0. The number of hydrogen-bond acceptors (Lipinski definition) is 2. The smallest absolute Gasteiger partial charge is 0.185 e. The molecule has 2 rings (SSSR count). The molecule has 0 spiro atoms. The Bertz CT molecular complexity index is 471. The molecule has 0 unspecified atom stereocenters. The quantitative estimate of drug-likeness (QED) is 0.502. The van der Waals surface area contributed by atoms with Crippen LogP contribution in [0.5, 0.6) is 0 Å². The number of fused-ring (bicyclic) bond motifs is 1. The number of thiocyanates is 1. The lowest BCUT2D eigenvalue weighted by atomic mass is 10.1. The number of rotatable bonds is 1. The van der Waals surface area contributed by atoms with Gasteiger partial charge in [-0.3, -0.25) is 0 Å². The summed E-state index contributed by atoms with van der Waals surface area (Å²) in [5, 5.41) is 13.0. The first-order valence-electron chi connectivity index (χ1n) is 3.95. The molecule has 13 heavy (non-hydrogen) atoms. The summed E-state index contributed by atoms with van der Waals surface area (Å²) in [7, 11) is 0. The first kappa shape index (κ1) is 8.15. The maximum atomic E-state index is 8.59. The molecule has 0 saturated carbocycles. The van der Waals surface area contributed by atoms with E-state index < -0.39 is 0 Å². The fourth-order valence-corrected chi connectivity index (χ4v) is 1.87. The largest absolute Gasteiger partial charge is 1.00 e. The molecule has 0 saturated heterocycles. The average molecular weight is 186 g/mol. The van der Waals surface area contributed by atoms with E-state index >= 15 is 0 Å². The van der Waals surface area contributed by atoms with Gasteiger partial charge in [0.05, 0.1) is 0 Å². The van der Waals surface area contributed by atoms with Crippen molar-refractivity contribution in [3.05, 3.63) is 42.5 Å². The predicted octanol–water partition coefficient (Wildman–Crippen LogP) is 3.53. The first-order valence-corrected chi connectivity index (χ1v) is 4.77. The van der Waals surface area contributed by atoms with Crippen molar-refractivity contribution in [2.75, 3.05) is 0 Å². The van der Waals surface area contributed by atoms with Crippen molar-refractivity contribution < 1.29 is 1.43 Å². The summed E-state index contributed by atoms with van der Waals surface area (Å²) in [6.45, 7) is 0. The van der Waals surface area contributed by atoms with Crippen LogP contribution in [0.3, 0.4) is 0 Å². The van der Waals surface area contributed by atoms with Gasteiger partial charge in [0.2, 0.25) is 0 Å². The van der Waals surface area contributed by atoms with E-state index in [0.717, 1.165) is 10.3 Å². The molecule has 2 aromatic rings. The zero-order chi connectivity index (χ0) is 9.10. The number of thioether (sulfide) groups is 1. The summed E-state index contributed by atoms with van der Waals surface area (Å²) in [5.41, 5.74) is 0. The number of benzene rings is 2. The summed E-state index contributed by atoms with van der Waals surface area (Å²) >= 11 is 1.21. The summed E-state index contributed by atoms with van der Waals surface area (Å²) in [5.74, 6) is 0. The molecule has 1 nitrogen and oxygen atoms in total. The highest BCUT2D eigenvalue weighted by atomic mass is 32.2. The molecule has 0 aliphatic heterocycles. The molecule has 0 heterocycles. The highest BCUT2D eigenvalue weighted by Crippen LogP contribution is 2.26. The van der Waals surface area contributed by atoms with Crippen LogP contribution in [0.2, 0.25) is 0 Å². The minimum Gasteiger partial charge on any atom is -0.185 e. The SMILES string of the molecule is N#CSc1cccc2ccccc12.[H+]. The van der Waals surface area contributed by atoms with Gasteiger partial charge in [0, 0.05) is 4.90 Å². The van der Waals surface area contributed by atoms with Gasteiger partial charge >= 0.3 is 1.43 Å². The predicted molar refractivity (Wildman–Crippen MR) is 56.5 cm³/mol. The molecule has 0 amide bonds. The van der Waals surface area contributed by atoms with Crippen LogP contribution in [0.25, 0.3) is 10.8 Å². The molecule has 62 valence electrons. The Hall–Kier alpha value is -1.46. The van der Waals surface area contributed by atoms with Crippen LogP contribution in [-0.4, -0.2) is 0 Å². The van der Waals surface area contributed by atoms with Crippen LogP contribution in [-0.2, 0) is 0 Å². The number of nitriles is 1. The van der Waals surface area contributed by atoms with Gasteiger partial charge < -0.3 is 0 Å². The van der Waals surface area contributed by atoms with E-state index in [9.17, 15) is 0 Å². The van der Waals surface area contributed by atoms with Crippen LogP contribution in [0.15, 0.2) is 47.4 Å². The second kappa shape index (κ2) is 3.51. The van der Waals surface area contributed by atoms with Crippen LogP contribution < -0.4 is 0 Å². The molecule has 0 aromatic heterocycles. The van der Waals surface area contributed by atoms with Gasteiger partial charge in [0.1, 0.15) is 5.40 Å². The standard InChI is InChI=1S/C11H7NS/c12-8-13-11-7-3-5-9-4-1-2-6-10(9)11/h1-7H/p+1. The Morgan fingerprint density at radius 1 is 1.08 bits per heavy atom. The highest BCUT2D eigenvalue weighted by Gasteiger charge is 1.98. The molecule has 2 aromatic carbocycles. The molecule has 0 bridgehead atoms. The molecule has 0 aliphatic carbocycles. The van der Waals surface area contributed by atoms with Gasteiger partial charge in [-0.1, -0.05) is 36.4 Å². The van der Waals surface area contributed by atoms with Crippen molar-refractivity contribution in [1.82, 2.24) is 0 Å². The third kappa shape index (κ3) is 1.51. The van der Waals surface area contributed by atoms with Gasteiger partial charge in [-0.25, -0.2) is 0 Å². The molecule has 2 heteroatoms. The summed E-state index contributed by atoms with van der Waals surface area (Å²) in [6, 6.07) is 14.1. The Labute approximate surface area is 82.5 Å². The average Bonchev–Trinajstić information content (AvgIpc) is 2.19. The van der Waals surface area contributed by atoms with Crippen molar-refractivity contribution in [3.8, 4) is 5.40 Å². The summed E-state index contributed by atoms with van der Waals surface area (Å²) < 4.78 is 0. The van der Waals surface area contributed by atoms with Crippen molar-refractivity contribution in [2.24, 2.45) is 0 Å². The second-order valence-corrected chi connectivity index (χ2v) is 3.50. The fourth-order valence-electron chi connectivity index (χ4n) is 1.33. The minimum atomic E-state index is 0. The lowest BCUT2D eigenvalue weighted by molar-refractivity contribution is 1.53. The topological polar surface area (TPSA) is 23.8 Å². The number of nitrogens with zero attached hydrogens (tertiary/aromatic N) is 1. The van der Waals surface area contributed by atoms with E-state index in [1.807, 2.05) is 30.3 Å². The maximum Gasteiger partial charge on any atom is 1.00 e. The van der Waals surface area contributed by atoms with Gasteiger partial charge in [-0.15, -0.1) is 0 Å². The van der Waals surface area contributed by atoms with Crippen molar-refractivity contribution >= 4 is 22.5 Å². The Kier molecular flexibility index (Phi) is 2.20. The molecule has 0 aliphatic rings. The normalized spacial score (nSPS) is 9.77. The Morgan fingerprint density at radius 2 is 1.85 bits per heavy atom. The molecular weight excluding hydrogens is 178 g/mol. The van der Waals surface area contributed by atoms with Crippen molar-refractivity contribution in [3.63, 3.8) is 0 Å². The Balaban J connectivity index is 0.000000980. The molecular formula is C11H8NS+. The van der Waals surface area contributed by atoms with E-state index in [1.54, 1.807) is 0 Å². The highest BCUT2D eigenvalue weighted by molar-refractivity contribution is 8.04. The first-order chi connectivity index (χ1) is 6.42. The van der Waals surface area contributed by atoms with E-state index in [1.165, 1.54) is 17.1 Å².